The third-order valence-corrected chi connectivity index (χ3v) is 4.86. The van der Waals surface area contributed by atoms with Gasteiger partial charge in [0.2, 0.25) is 5.91 Å². The second-order valence-corrected chi connectivity index (χ2v) is 6.23. The summed E-state index contributed by atoms with van der Waals surface area (Å²) in [5.74, 6) is 0.862. The van der Waals surface area contributed by atoms with Crippen LogP contribution in [0.1, 0.15) is 44.9 Å². The van der Waals surface area contributed by atoms with Crippen molar-refractivity contribution in [2.45, 2.75) is 63.1 Å². The van der Waals surface area contributed by atoms with Crippen LogP contribution < -0.4 is 5.32 Å². The first-order valence-electron chi connectivity index (χ1n) is 7.44. The molecule has 1 amide bonds. The van der Waals surface area contributed by atoms with Gasteiger partial charge < -0.3 is 15.3 Å². The summed E-state index contributed by atoms with van der Waals surface area (Å²) in [7, 11) is 0. The molecule has 3 heterocycles. The Morgan fingerprint density at radius 2 is 1.94 bits per heavy atom. The summed E-state index contributed by atoms with van der Waals surface area (Å²) >= 11 is 0. The minimum atomic E-state index is -0.178. The van der Waals surface area contributed by atoms with Crippen molar-refractivity contribution in [1.82, 2.24) is 10.2 Å². The average molecular weight is 252 g/mol. The van der Waals surface area contributed by atoms with Crippen LogP contribution in [-0.2, 0) is 4.79 Å². The van der Waals surface area contributed by atoms with Gasteiger partial charge in [-0.15, -0.1) is 0 Å². The number of aliphatic hydroxyl groups excluding tert-OH is 1. The highest BCUT2D eigenvalue weighted by Crippen LogP contribution is 2.36. The van der Waals surface area contributed by atoms with E-state index >= 15 is 0 Å². The van der Waals surface area contributed by atoms with Crippen LogP contribution in [0.4, 0.5) is 0 Å². The Morgan fingerprint density at radius 1 is 1.22 bits per heavy atom. The molecule has 0 aromatic carbocycles. The number of aliphatic hydroxyl groups is 1. The van der Waals surface area contributed by atoms with Gasteiger partial charge in [0, 0.05) is 18.5 Å². The van der Waals surface area contributed by atoms with Crippen molar-refractivity contribution in [2.24, 2.45) is 5.92 Å². The predicted octanol–water partition coefficient (Wildman–Crippen LogP) is 0.890. The van der Waals surface area contributed by atoms with Gasteiger partial charge in [-0.1, -0.05) is 0 Å². The first-order chi connectivity index (χ1) is 8.74. The maximum atomic E-state index is 12.5. The smallest absolute Gasteiger partial charge is 0.223 e. The van der Waals surface area contributed by atoms with Crippen molar-refractivity contribution in [3.63, 3.8) is 0 Å². The summed E-state index contributed by atoms with van der Waals surface area (Å²) in [4.78, 5) is 14.6. The van der Waals surface area contributed by atoms with Gasteiger partial charge in [0.05, 0.1) is 6.10 Å². The molecule has 4 atom stereocenters. The van der Waals surface area contributed by atoms with Gasteiger partial charge in [0.15, 0.2) is 0 Å². The lowest BCUT2D eigenvalue weighted by Gasteiger charge is -2.38. The Bertz CT molecular complexity index is 301. The summed E-state index contributed by atoms with van der Waals surface area (Å²) in [6.07, 6.45) is 6.69. The molecule has 0 aromatic heterocycles. The first kappa shape index (κ1) is 12.4. The van der Waals surface area contributed by atoms with Crippen molar-refractivity contribution >= 4 is 5.91 Å². The van der Waals surface area contributed by atoms with Crippen LogP contribution in [0.2, 0.25) is 0 Å². The zero-order valence-corrected chi connectivity index (χ0v) is 11.0. The minimum Gasteiger partial charge on any atom is -0.393 e. The predicted molar refractivity (Wildman–Crippen MR) is 69.1 cm³/mol. The van der Waals surface area contributed by atoms with Gasteiger partial charge in [0.1, 0.15) is 0 Å². The Balaban J connectivity index is 1.59. The van der Waals surface area contributed by atoms with Gasteiger partial charge in [-0.3, -0.25) is 4.79 Å². The first-order valence-corrected chi connectivity index (χ1v) is 7.44. The SMILES string of the molecule is O=C(CC1CCCNC1)N1[C@@H]2CC[C@H]1CC(O)C2. The minimum absolute atomic E-state index is 0.178. The second-order valence-electron chi connectivity index (χ2n) is 6.23. The van der Waals surface area contributed by atoms with Gasteiger partial charge in [-0.25, -0.2) is 0 Å². The largest absolute Gasteiger partial charge is 0.393 e. The van der Waals surface area contributed by atoms with Gasteiger partial charge in [0.25, 0.3) is 0 Å². The quantitative estimate of drug-likeness (QED) is 0.767. The topological polar surface area (TPSA) is 52.6 Å². The van der Waals surface area contributed by atoms with E-state index in [1.54, 1.807) is 0 Å². The van der Waals surface area contributed by atoms with E-state index in [9.17, 15) is 9.90 Å². The Hall–Kier alpha value is -0.610. The molecule has 4 heteroatoms. The number of carbonyl (C=O) groups is 1. The molecule has 3 rings (SSSR count). The van der Waals surface area contributed by atoms with Gasteiger partial charge >= 0.3 is 0 Å². The van der Waals surface area contributed by atoms with Crippen LogP contribution >= 0.6 is 0 Å². The molecule has 0 aliphatic carbocycles. The van der Waals surface area contributed by atoms with Crippen molar-refractivity contribution in [1.29, 1.82) is 0 Å². The standard InChI is InChI=1S/C14H24N2O2/c17-13-7-11-3-4-12(8-13)16(11)14(18)6-10-2-1-5-15-9-10/h10-13,15,17H,1-9H2/t10?,11-,12+,13?. The zero-order valence-electron chi connectivity index (χ0n) is 11.0. The molecule has 2 N–H and O–H groups in total. The molecule has 3 aliphatic rings. The van der Waals surface area contributed by atoms with Crippen molar-refractivity contribution in [3.8, 4) is 0 Å². The molecule has 4 nitrogen and oxygen atoms in total. The number of rotatable bonds is 2. The number of nitrogens with zero attached hydrogens (tertiary/aromatic N) is 1. The third kappa shape index (κ3) is 2.41. The van der Waals surface area contributed by atoms with Gasteiger partial charge in [-0.2, -0.15) is 0 Å². The third-order valence-electron chi connectivity index (χ3n) is 4.86. The summed E-state index contributed by atoms with van der Waals surface area (Å²) < 4.78 is 0. The van der Waals surface area contributed by atoms with E-state index < -0.39 is 0 Å². The molecule has 3 aliphatic heterocycles. The number of nitrogens with one attached hydrogen (secondary N) is 1. The van der Waals surface area contributed by atoms with E-state index in [1.807, 2.05) is 0 Å². The fourth-order valence-electron chi connectivity index (χ4n) is 4.01. The van der Waals surface area contributed by atoms with Crippen LogP contribution in [0.5, 0.6) is 0 Å². The van der Waals surface area contributed by atoms with E-state index in [1.165, 1.54) is 12.8 Å². The van der Waals surface area contributed by atoms with Crippen molar-refractivity contribution in [2.75, 3.05) is 13.1 Å². The molecule has 102 valence electrons. The van der Waals surface area contributed by atoms with Gasteiger partial charge in [-0.05, 0) is 57.5 Å². The lowest BCUT2D eigenvalue weighted by molar-refractivity contribution is -0.138. The highest BCUT2D eigenvalue weighted by atomic mass is 16.3. The molecule has 0 spiro atoms. The number of carbonyl (C=O) groups excluding carboxylic acids is 1. The fraction of sp³-hybridized carbons (Fsp3) is 0.929. The summed E-state index contributed by atoms with van der Waals surface area (Å²) in [5, 5.41) is 13.1. The van der Waals surface area contributed by atoms with Crippen LogP contribution in [0.15, 0.2) is 0 Å². The van der Waals surface area contributed by atoms with E-state index in [0.29, 0.717) is 30.3 Å². The number of hydrogen-bond acceptors (Lipinski definition) is 3. The molecule has 0 radical (unpaired) electrons. The highest BCUT2D eigenvalue weighted by Gasteiger charge is 2.42. The van der Waals surface area contributed by atoms with E-state index in [2.05, 4.69) is 10.2 Å². The van der Waals surface area contributed by atoms with E-state index in [4.69, 9.17) is 0 Å². The monoisotopic (exact) mass is 252 g/mol. The van der Waals surface area contributed by atoms with Crippen LogP contribution in [0.3, 0.4) is 0 Å². The molecule has 18 heavy (non-hydrogen) atoms. The molecule has 3 saturated heterocycles. The number of amides is 1. The number of piperidine rings is 2. The van der Waals surface area contributed by atoms with E-state index in [-0.39, 0.29) is 6.10 Å². The second kappa shape index (κ2) is 5.17. The van der Waals surface area contributed by atoms with Crippen LogP contribution in [0, 0.1) is 5.92 Å². The fourth-order valence-corrected chi connectivity index (χ4v) is 4.01. The van der Waals surface area contributed by atoms with Crippen molar-refractivity contribution in [3.05, 3.63) is 0 Å². The van der Waals surface area contributed by atoms with Crippen molar-refractivity contribution < 1.29 is 9.90 Å². The molecule has 0 aromatic rings. The highest BCUT2D eigenvalue weighted by molar-refractivity contribution is 5.77. The average Bonchev–Trinajstić information content (AvgIpc) is 2.63. The van der Waals surface area contributed by atoms with Crippen LogP contribution in [0.25, 0.3) is 0 Å². The van der Waals surface area contributed by atoms with E-state index in [0.717, 1.165) is 38.8 Å². The maximum absolute atomic E-state index is 12.5. The Morgan fingerprint density at radius 3 is 2.56 bits per heavy atom. The lowest BCUT2D eigenvalue weighted by atomic mass is 9.93. The molecular formula is C14H24N2O2. The molecule has 0 saturated carbocycles. The van der Waals surface area contributed by atoms with Crippen LogP contribution in [-0.4, -0.2) is 47.2 Å². The maximum Gasteiger partial charge on any atom is 0.223 e. The summed E-state index contributed by atoms with van der Waals surface area (Å²) in [6.45, 7) is 2.10. The molecular weight excluding hydrogens is 228 g/mol. The summed E-state index contributed by atoms with van der Waals surface area (Å²) in [6, 6.07) is 0.644. The zero-order chi connectivity index (χ0) is 12.5. The Kier molecular flexibility index (Phi) is 3.57. The molecule has 2 unspecified atom stereocenters. The number of fused-ring (bicyclic) bond motifs is 2. The molecule has 2 bridgehead atoms. The lowest BCUT2D eigenvalue weighted by Crippen LogP contribution is -2.49. The molecule has 3 fully saturated rings. The summed E-state index contributed by atoms with van der Waals surface area (Å²) in [5.41, 5.74) is 0. The Labute approximate surface area is 109 Å². The normalized spacial score (nSPS) is 39.9. The number of hydrogen-bond donors (Lipinski definition) is 2.